The molecule has 0 amide bonds. The van der Waals surface area contributed by atoms with Gasteiger partial charge in [0.25, 0.3) is 0 Å². The quantitative estimate of drug-likeness (QED) is 0.673. The first-order valence-electron chi connectivity index (χ1n) is 2.94. The van der Waals surface area contributed by atoms with Crippen LogP contribution < -0.4 is 5.11 Å². The molecular formula is C5H2F7O2-. The van der Waals surface area contributed by atoms with Crippen LogP contribution >= 0.6 is 0 Å². The van der Waals surface area contributed by atoms with Gasteiger partial charge in [0.2, 0.25) is 0 Å². The molecule has 0 atom stereocenters. The van der Waals surface area contributed by atoms with Crippen LogP contribution in [0.4, 0.5) is 30.7 Å². The third kappa shape index (κ3) is 2.74. The molecule has 0 bridgehead atoms. The summed E-state index contributed by atoms with van der Waals surface area (Å²) in [4.78, 5) is 9.45. The van der Waals surface area contributed by atoms with Crippen LogP contribution in [0.15, 0.2) is 0 Å². The molecule has 0 aliphatic carbocycles. The van der Waals surface area contributed by atoms with E-state index in [1.165, 1.54) is 0 Å². The number of carbonyl (C=O) groups is 1. The number of alkyl halides is 7. The summed E-state index contributed by atoms with van der Waals surface area (Å²) in [5, 5.41) is 9.45. The van der Waals surface area contributed by atoms with Crippen molar-refractivity contribution in [1.29, 1.82) is 0 Å². The van der Waals surface area contributed by atoms with Crippen LogP contribution in [0.25, 0.3) is 0 Å². The molecule has 0 heterocycles. The fourth-order valence-corrected chi connectivity index (χ4v) is 0.512. The van der Waals surface area contributed by atoms with Gasteiger partial charge in [-0.25, -0.2) is 0 Å². The maximum absolute atomic E-state index is 12.1. The van der Waals surface area contributed by atoms with E-state index < -0.39 is 30.4 Å². The van der Waals surface area contributed by atoms with Gasteiger partial charge in [-0.2, -0.15) is 30.7 Å². The van der Waals surface area contributed by atoms with Gasteiger partial charge in [0, 0.05) is 0 Å². The highest BCUT2D eigenvalue weighted by atomic mass is 19.4. The van der Waals surface area contributed by atoms with Crippen LogP contribution in [-0.4, -0.2) is 24.0 Å². The van der Waals surface area contributed by atoms with E-state index in [2.05, 4.69) is 0 Å². The van der Waals surface area contributed by atoms with Crippen molar-refractivity contribution in [2.24, 2.45) is 0 Å². The minimum absolute atomic E-state index is 3.22. The Kier molecular flexibility index (Phi) is 3.04. The van der Waals surface area contributed by atoms with E-state index in [-0.39, 0.29) is 0 Å². The first-order valence-corrected chi connectivity index (χ1v) is 2.94. The number of carbonyl (C=O) groups excluding carboxylic acids is 1. The number of hydrogen-bond acceptors (Lipinski definition) is 2. The molecule has 0 aromatic rings. The molecule has 9 heteroatoms. The van der Waals surface area contributed by atoms with Crippen LogP contribution in [0.2, 0.25) is 0 Å². The van der Waals surface area contributed by atoms with E-state index in [0.717, 1.165) is 0 Å². The van der Waals surface area contributed by atoms with Crippen LogP contribution in [0, 0.1) is 0 Å². The van der Waals surface area contributed by atoms with Crippen molar-refractivity contribution in [3.8, 4) is 0 Å². The summed E-state index contributed by atoms with van der Waals surface area (Å²) in [5.41, 5.74) is 0. The molecule has 0 aromatic heterocycles. The molecule has 0 radical (unpaired) electrons. The van der Waals surface area contributed by atoms with Gasteiger partial charge in [0.15, 0.2) is 0 Å². The second kappa shape index (κ2) is 3.28. The Morgan fingerprint density at radius 1 is 1.00 bits per heavy atom. The molecule has 0 fully saturated rings. The van der Waals surface area contributed by atoms with Crippen molar-refractivity contribution in [2.45, 2.75) is 24.4 Å². The first-order chi connectivity index (χ1) is 5.90. The lowest BCUT2D eigenvalue weighted by Crippen LogP contribution is -2.55. The van der Waals surface area contributed by atoms with Crippen LogP contribution in [-0.2, 0) is 4.79 Å². The topological polar surface area (TPSA) is 40.1 Å². The van der Waals surface area contributed by atoms with Crippen molar-refractivity contribution < 1.29 is 40.6 Å². The third-order valence-corrected chi connectivity index (χ3v) is 1.14. The molecule has 0 spiro atoms. The van der Waals surface area contributed by atoms with Gasteiger partial charge in [-0.3, -0.25) is 0 Å². The predicted molar refractivity (Wildman–Crippen MR) is 25.6 cm³/mol. The monoisotopic (exact) mass is 227 g/mol. The van der Waals surface area contributed by atoms with Gasteiger partial charge >= 0.3 is 18.0 Å². The molecular weight excluding hydrogens is 225 g/mol. The predicted octanol–water partition coefficient (Wildman–Crippen LogP) is 0.959. The molecule has 0 aliphatic heterocycles. The number of hydrogen-bond donors (Lipinski definition) is 0. The van der Waals surface area contributed by atoms with E-state index in [4.69, 9.17) is 0 Å². The van der Waals surface area contributed by atoms with E-state index >= 15 is 0 Å². The fraction of sp³-hybridized carbons (Fsp3) is 0.800. The summed E-state index contributed by atoms with van der Waals surface area (Å²) in [6.45, 7) is 0. The second-order valence-electron chi connectivity index (χ2n) is 2.36. The summed E-state index contributed by atoms with van der Waals surface area (Å²) in [7, 11) is 0. The SMILES string of the molecule is O=C([O-])C(F)(F)C(F)(F)CC(F)(F)F. The zero-order valence-corrected chi connectivity index (χ0v) is 6.17. The molecule has 0 rings (SSSR count). The van der Waals surface area contributed by atoms with Crippen LogP contribution in [0.3, 0.4) is 0 Å². The number of carboxylic acids is 1. The Hall–Kier alpha value is -1.02. The maximum Gasteiger partial charge on any atom is 0.395 e. The van der Waals surface area contributed by atoms with Crippen LogP contribution in [0.1, 0.15) is 6.42 Å². The fourth-order valence-electron chi connectivity index (χ4n) is 0.512. The summed E-state index contributed by atoms with van der Waals surface area (Å²) in [6.07, 6.45) is -8.82. The average molecular weight is 227 g/mol. The first kappa shape index (κ1) is 13.0. The zero-order valence-electron chi connectivity index (χ0n) is 6.17. The van der Waals surface area contributed by atoms with Crippen molar-refractivity contribution in [2.75, 3.05) is 0 Å². The van der Waals surface area contributed by atoms with Crippen molar-refractivity contribution in [1.82, 2.24) is 0 Å². The number of rotatable bonds is 3. The number of carboxylic acid groups (broad SMARTS) is 1. The van der Waals surface area contributed by atoms with Crippen molar-refractivity contribution in [3.05, 3.63) is 0 Å². The van der Waals surface area contributed by atoms with Crippen molar-refractivity contribution in [3.63, 3.8) is 0 Å². The summed E-state index contributed by atoms with van der Waals surface area (Å²) in [6, 6.07) is 0. The van der Waals surface area contributed by atoms with Crippen molar-refractivity contribution >= 4 is 5.97 Å². The standard InChI is InChI=1S/C5H3F7O2/c6-3(7,1-4(8,9)10)5(11,12)2(13)14/h1H2,(H,13,14)/p-1. The number of aliphatic carboxylic acids is 1. The van der Waals surface area contributed by atoms with Gasteiger partial charge in [-0.1, -0.05) is 0 Å². The lowest BCUT2D eigenvalue weighted by atomic mass is 10.1. The minimum atomic E-state index is -5.84. The highest BCUT2D eigenvalue weighted by Gasteiger charge is 2.62. The smallest absolute Gasteiger partial charge is 0.395 e. The van der Waals surface area contributed by atoms with Gasteiger partial charge in [0.1, 0.15) is 12.4 Å². The highest BCUT2D eigenvalue weighted by molar-refractivity contribution is 5.74. The molecule has 0 saturated heterocycles. The summed E-state index contributed by atoms with van der Waals surface area (Å²) < 4.78 is 82.0. The summed E-state index contributed by atoms with van der Waals surface area (Å²) in [5.74, 6) is -15.1. The van der Waals surface area contributed by atoms with E-state index in [9.17, 15) is 40.6 Å². The molecule has 14 heavy (non-hydrogen) atoms. The molecule has 0 aliphatic rings. The van der Waals surface area contributed by atoms with Gasteiger partial charge in [-0.05, 0) is 0 Å². The largest absolute Gasteiger partial charge is 0.544 e. The summed E-state index contributed by atoms with van der Waals surface area (Å²) >= 11 is 0. The van der Waals surface area contributed by atoms with Gasteiger partial charge < -0.3 is 9.90 Å². The van der Waals surface area contributed by atoms with E-state index in [1.54, 1.807) is 0 Å². The Balaban J connectivity index is 4.87. The molecule has 0 aromatic carbocycles. The van der Waals surface area contributed by atoms with E-state index in [1.807, 2.05) is 0 Å². The Morgan fingerprint density at radius 3 is 1.57 bits per heavy atom. The lowest BCUT2D eigenvalue weighted by Gasteiger charge is -2.27. The van der Waals surface area contributed by atoms with E-state index in [0.29, 0.717) is 0 Å². The highest BCUT2D eigenvalue weighted by Crippen LogP contribution is 2.41. The third-order valence-electron chi connectivity index (χ3n) is 1.14. The molecule has 0 unspecified atom stereocenters. The molecule has 84 valence electrons. The normalized spacial score (nSPS) is 14.2. The lowest BCUT2D eigenvalue weighted by molar-refractivity contribution is -0.354. The van der Waals surface area contributed by atoms with Crippen LogP contribution in [0.5, 0.6) is 0 Å². The maximum atomic E-state index is 12.1. The molecule has 2 nitrogen and oxygen atoms in total. The minimum Gasteiger partial charge on any atom is -0.544 e. The zero-order chi connectivity index (χ0) is 11.8. The molecule has 0 saturated carbocycles. The second-order valence-corrected chi connectivity index (χ2v) is 2.36. The van der Waals surface area contributed by atoms with Gasteiger partial charge in [-0.15, -0.1) is 0 Å². The Bertz CT molecular complexity index is 231. The Labute approximate surface area is 72.3 Å². The Morgan fingerprint density at radius 2 is 1.36 bits per heavy atom. The average Bonchev–Trinajstić information content (AvgIpc) is 1.80. The molecule has 0 N–H and O–H groups in total. The number of halogens is 7. The van der Waals surface area contributed by atoms with Gasteiger partial charge in [0.05, 0.1) is 0 Å².